The highest BCUT2D eigenvalue weighted by molar-refractivity contribution is 6.01. The van der Waals surface area contributed by atoms with Gasteiger partial charge in [0.1, 0.15) is 11.6 Å². The maximum absolute atomic E-state index is 5.78. The second-order valence-electron chi connectivity index (χ2n) is 4.76. The predicted molar refractivity (Wildman–Crippen MR) is 71.7 cm³/mol. The van der Waals surface area contributed by atoms with Crippen LogP contribution in [0.2, 0.25) is 0 Å². The van der Waals surface area contributed by atoms with Crippen LogP contribution >= 0.6 is 0 Å². The number of amidine groups is 1. The maximum atomic E-state index is 5.78. The molecule has 0 saturated carbocycles. The smallest absolute Gasteiger partial charge is 0.153 e. The van der Waals surface area contributed by atoms with E-state index in [1.807, 2.05) is 25.1 Å². The first kappa shape index (κ1) is 11.8. The number of benzene rings is 1. The minimum Gasteiger partial charge on any atom is -0.481 e. The van der Waals surface area contributed by atoms with Gasteiger partial charge in [-0.05, 0) is 25.0 Å². The van der Waals surface area contributed by atoms with Gasteiger partial charge in [0.2, 0.25) is 0 Å². The number of ether oxygens (including phenoxy) is 1. The summed E-state index contributed by atoms with van der Waals surface area (Å²) < 4.78 is 5.78. The van der Waals surface area contributed by atoms with Gasteiger partial charge < -0.3 is 15.8 Å². The summed E-state index contributed by atoms with van der Waals surface area (Å²) in [6, 6.07) is 5.60. The molecule has 0 fully saturated rings. The lowest BCUT2D eigenvalue weighted by Crippen LogP contribution is -2.35. The van der Waals surface area contributed by atoms with Gasteiger partial charge in [0, 0.05) is 18.3 Å². The van der Waals surface area contributed by atoms with E-state index in [1.165, 1.54) is 0 Å². The summed E-state index contributed by atoms with van der Waals surface area (Å²) in [6.45, 7) is 7.08. The third kappa shape index (κ3) is 2.70. The molecule has 17 heavy (non-hydrogen) atoms. The number of fused-ring (bicyclic) bond motifs is 1. The van der Waals surface area contributed by atoms with Gasteiger partial charge in [-0.2, -0.15) is 0 Å². The highest BCUT2D eigenvalue weighted by atomic mass is 16.5. The summed E-state index contributed by atoms with van der Waals surface area (Å²) in [6.07, 6.45) is -0.0527. The first-order chi connectivity index (χ1) is 8.06. The lowest BCUT2D eigenvalue weighted by Gasteiger charge is -2.26. The van der Waals surface area contributed by atoms with Crippen LogP contribution in [-0.2, 0) is 0 Å². The Balaban J connectivity index is 2.21. The molecule has 0 spiro atoms. The van der Waals surface area contributed by atoms with Gasteiger partial charge in [-0.15, -0.1) is 0 Å². The van der Waals surface area contributed by atoms with Crippen molar-refractivity contribution in [3.8, 4) is 5.75 Å². The Kier molecular flexibility index (Phi) is 3.22. The van der Waals surface area contributed by atoms with Crippen molar-refractivity contribution in [2.45, 2.75) is 26.9 Å². The molecule has 0 saturated heterocycles. The summed E-state index contributed by atoms with van der Waals surface area (Å²) >= 11 is 0. The number of nitrogens with zero attached hydrogens (tertiary/aromatic N) is 1. The monoisotopic (exact) mass is 233 g/mol. The van der Waals surface area contributed by atoms with Crippen LogP contribution in [0.4, 0.5) is 11.4 Å². The summed E-state index contributed by atoms with van der Waals surface area (Å²) in [5.41, 5.74) is 7.36. The quantitative estimate of drug-likeness (QED) is 0.772. The molecule has 92 valence electrons. The molecule has 1 aliphatic heterocycles. The molecule has 1 aliphatic rings. The zero-order chi connectivity index (χ0) is 12.4. The van der Waals surface area contributed by atoms with Gasteiger partial charge in [-0.1, -0.05) is 13.8 Å². The fraction of sp³-hybridized carbons (Fsp3) is 0.462. The van der Waals surface area contributed by atoms with Gasteiger partial charge in [0.05, 0.1) is 5.69 Å². The van der Waals surface area contributed by atoms with E-state index in [2.05, 4.69) is 24.2 Å². The summed E-state index contributed by atoms with van der Waals surface area (Å²) in [4.78, 5) is 4.53. The van der Waals surface area contributed by atoms with Crippen LogP contribution in [0, 0.1) is 5.92 Å². The molecule has 1 atom stereocenters. The van der Waals surface area contributed by atoms with E-state index in [9.17, 15) is 0 Å². The largest absolute Gasteiger partial charge is 0.481 e. The molecule has 0 aliphatic carbocycles. The van der Waals surface area contributed by atoms with Crippen molar-refractivity contribution >= 4 is 17.2 Å². The van der Waals surface area contributed by atoms with E-state index in [0.29, 0.717) is 11.6 Å². The Hall–Kier alpha value is -1.71. The molecule has 1 unspecified atom stereocenters. The lowest BCUT2D eigenvalue weighted by molar-refractivity contribution is 0.282. The fourth-order valence-corrected chi connectivity index (χ4v) is 1.67. The lowest BCUT2D eigenvalue weighted by atomic mass is 10.2. The molecule has 2 rings (SSSR count). The normalized spacial score (nSPS) is 20.9. The van der Waals surface area contributed by atoms with E-state index in [-0.39, 0.29) is 6.10 Å². The third-order valence-corrected chi connectivity index (χ3v) is 2.58. The Morgan fingerprint density at radius 1 is 1.47 bits per heavy atom. The number of anilines is 2. The van der Waals surface area contributed by atoms with Gasteiger partial charge in [0.25, 0.3) is 0 Å². The zero-order valence-electron chi connectivity index (χ0n) is 10.5. The van der Waals surface area contributed by atoms with Crippen molar-refractivity contribution in [1.82, 2.24) is 0 Å². The molecule has 0 radical (unpaired) electrons. The molecule has 1 aromatic rings. The number of hydrogen-bond donors (Lipinski definition) is 2. The molecular weight excluding hydrogens is 214 g/mol. The number of nitrogens with one attached hydrogen (secondary N) is 1. The average molecular weight is 233 g/mol. The standard InChI is InChI=1S/C13H19N3O/c1-8(2)7-15-13-9(3)17-12-6-10(14)4-5-11(12)16-13/h4-6,8-9H,7,14H2,1-3H3,(H,15,16). The Morgan fingerprint density at radius 3 is 2.94 bits per heavy atom. The molecular formula is C13H19N3O. The summed E-state index contributed by atoms with van der Waals surface area (Å²) in [5.74, 6) is 2.22. The second-order valence-corrected chi connectivity index (χ2v) is 4.76. The molecule has 0 aromatic heterocycles. The minimum atomic E-state index is -0.0527. The van der Waals surface area contributed by atoms with Gasteiger partial charge >= 0.3 is 0 Å². The van der Waals surface area contributed by atoms with Gasteiger partial charge in [0.15, 0.2) is 6.10 Å². The number of nitrogens with two attached hydrogens (primary N) is 1. The molecule has 0 bridgehead atoms. The highest BCUT2D eigenvalue weighted by Gasteiger charge is 2.21. The van der Waals surface area contributed by atoms with Crippen molar-refractivity contribution in [1.29, 1.82) is 0 Å². The summed E-state index contributed by atoms with van der Waals surface area (Å²) in [5, 5.41) is 3.30. The second kappa shape index (κ2) is 4.65. The molecule has 1 aromatic carbocycles. The SMILES string of the molecule is CC(C)CN=C1Nc2ccc(N)cc2OC1C. The van der Waals surface area contributed by atoms with Crippen molar-refractivity contribution in [2.75, 3.05) is 17.6 Å². The number of aliphatic imine (C=N–C) groups is 1. The van der Waals surface area contributed by atoms with Gasteiger partial charge in [-0.25, -0.2) is 0 Å². The Bertz CT molecular complexity index is 440. The van der Waals surface area contributed by atoms with Crippen molar-refractivity contribution in [3.05, 3.63) is 18.2 Å². The van der Waals surface area contributed by atoms with Gasteiger partial charge in [-0.3, -0.25) is 4.99 Å². The number of nitrogen functional groups attached to an aromatic ring is 1. The van der Waals surface area contributed by atoms with Crippen molar-refractivity contribution < 1.29 is 4.74 Å². The molecule has 4 heteroatoms. The topological polar surface area (TPSA) is 59.6 Å². The van der Waals surface area contributed by atoms with Crippen LogP contribution < -0.4 is 15.8 Å². The van der Waals surface area contributed by atoms with Crippen LogP contribution in [0.15, 0.2) is 23.2 Å². The molecule has 1 heterocycles. The van der Waals surface area contributed by atoms with E-state index in [1.54, 1.807) is 0 Å². The van der Waals surface area contributed by atoms with Crippen LogP contribution in [0.25, 0.3) is 0 Å². The van der Waals surface area contributed by atoms with Crippen molar-refractivity contribution in [3.63, 3.8) is 0 Å². The maximum Gasteiger partial charge on any atom is 0.153 e. The zero-order valence-corrected chi connectivity index (χ0v) is 10.5. The van der Waals surface area contributed by atoms with E-state index in [4.69, 9.17) is 10.5 Å². The molecule has 4 nitrogen and oxygen atoms in total. The number of hydrogen-bond acceptors (Lipinski definition) is 3. The average Bonchev–Trinajstić information content (AvgIpc) is 2.26. The Morgan fingerprint density at radius 2 is 2.24 bits per heavy atom. The highest BCUT2D eigenvalue weighted by Crippen LogP contribution is 2.31. The van der Waals surface area contributed by atoms with Crippen LogP contribution in [-0.4, -0.2) is 18.5 Å². The third-order valence-electron chi connectivity index (χ3n) is 2.58. The summed E-state index contributed by atoms with van der Waals surface area (Å²) in [7, 11) is 0. The van der Waals surface area contributed by atoms with Crippen LogP contribution in [0.1, 0.15) is 20.8 Å². The fourth-order valence-electron chi connectivity index (χ4n) is 1.67. The van der Waals surface area contributed by atoms with Crippen molar-refractivity contribution in [2.24, 2.45) is 10.9 Å². The minimum absolute atomic E-state index is 0.0527. The van der Waals surface area contributed by atoms with E-state index >= 15 is 0 Å². The first-order valence-electron chi connectivity index (χ1n) is 5.94. The Labute approximate surface area is 102 Å². The van der Waals surface area contributed by atoms with Crippen LogP contribution in [0.5, 0.6) is 5.75 Å². The van der Waals surface area contributed by atoms with Crippen LogP contribution in [0.3, 0.4) is 0 Å². The molecule has 0 amide bonds. The molecule has 3 N–H and O–H groups in total. The van der Waals surface area contributed by atoms with E-state index < -0.39 is 0 Å². The van der Waals surface area contributed by atoms with E-state index in [0.717, 1.165) is 23.8 Å². The first-order valence-corrected chi connectivity index (χ1v) is 5.94. The predicted octanol–water partition coefficient (Wildman–Crippen LogP) is 2.52. The number of rotatable bonds is 2.